The molecule has 6 heteroatoms. The van der Waals surface area contributed by atoms with E-state index in [1.807, 2.05) is 0 Å². The first-order chi connectivity index (χ1) is 6.29. The zero-order chi connectivity index (χ0) is 9.26. The maximum absolute atomic E-state index is 11.0. The molecule has 2 rings (SSSR count). The van der Waals surface area contributed by atoms with Crippen molar-refractivity contribution in [3.8, 4) is 11.5 Å². The number of fused-ring (bicyclic) bond motifs is 1. The second kappa shape index (κ2) is 5.68. The lowest BCUT2D eigenvalue weighted by molar-refractivity contribution is 0.0989. The van der Waals surface area contributed by atoms with Crippen LogP contribution < -0.4 is 15.2 Å². The number of para-hydroxylation sites is 1. The van der Waals surface area contributed by atoms with Crippen molar-refractivity contribution >= 4 is 30.7 Å². The van der Waals surface area contributed by atoms with E-state index in [1.165, 1.54) is 0 Å². The first kappa shape index (κ1) is 13.9. The number of carbonyl (C=O) groups is 1. The van der Waals surface area contributed by atoms with E-state index >= 15 is 0 Å². The van der Waals surface area contributed by atoms with Crippen molar-refractivity contribution in [2.75, 3.05) is 13.2 Å². The second-order valence-corrected chi connectivity index (χ2v) is 2.69. The molecule has 4 nitrogen and oxygen atoms in total. The topological polar surface area (TPSA) is 61.6 Å². The molecule has 1 aliphatic rings. The number of primary amides is 1. The molecule has 1 aliphatic heterocycles. The van der Waals surface area contributed by atoms with Crippen LogP contribution in [0.5, 0.6) is 11.5 Å². The summed E-state index contributed by atoms with van der Waals surface area (Å²) in [6.45, 7) is 0.965. The van der Waals surface area contributed by atoms with Crippen molar-refractivity contribution in [1.82, 2.24) is 0 Å². The Hall–Kier alpha value is -1.13. The van der Waals surface area contributed by atoms with Crippen molar-refractivity contribution in [2.24, 2.45) is 5.73 Å². The monoisotopic (exact) mass is 251 g/mol. The van der Waals surface area contributed by atoms with Crippen LogP contribution >= 0.6 is 24.8 Å². The molecule has 1 aromatic carbocycles. The van der Waals surface area contributed by atoms with Crippen LogP contribution in [0.3, 0.4) is 0 Å². The van der Waals surface area contributed by atoms with Crippen molar-refractivity contribution in [3.05, 3.63) is 23.8 Å². The summed E-state index contributed by atoms with van der Waals surface area (Å²) in [5.74, 6) is 0.547. The van der Waals surface area contributed by atoms with Gasteiger partial charge in [-0.15, -0.1) is 24.8 Å². The number of rotatable bonds is 1. The highest BCUT2D eigenvalue weighted by molar-refractivity contribution is 5.96. The highest BCUT2D eigenvalue weighted by atomic mass is 35.5. The molecule has 0 radical (unpaired) electrons. The molecule has 0 unspecified atom stereocenters. The maximum atomic E-state index is 11.0. The molecule has 0 atom stereocenters. The molecule has 2 N–H and O–H groups in total. The predicted octanol–water partition coefficient (Wildman–Crippen LogP) is 1.40. The van der Waals surface area contributed by atoms with Crippen LogP contribution in [0, 0.1) is 0 Å². The molecule has 0 aromatic heterocycles. The summed E-state index contributed by atoms with van der Waals surface area (Å²) < 4.78 is 10.6. The van der Waals surface area contributed by atoms with Gasteiger partial charge in [0.15, 0.2) is 11.5 Å². The molecule has 0 saturated carbocycles. The SMILES string of the molecule is Cl.Cl.NC(=O)c1cccc2c1OCCO2. The van der Waals surface area contributed by atoms with Gasteiger partial charge in [0.25, 0.3) is 5.91 Å². The Bertz CT molecular complexity index is 357. The molecule has 0 saturated heterocycles. The van der Waals surface area contributed by atoms with E-state index in [2.05, 4.69) is 0 Å². The third-order valence-corrected chi connectivity index (χ3v) is 1.83. The lowest BCUT2D eigenvalue weighted by Crippen LogP contribution is -2.20. The molecule has 1 heterocycles. The fourth-order valence-electron chi connectivity index (χ4n) is 1.27. The Morgan fingerprint density at radius 2 is 1.87 bits per heavy atom. The van der Waals surface area contributed by atoms with E-state index < -0.39 is 5.91 Å². The number of hydrogen-bond acceptors (Lipinski definition) is 3. The highest BCUT2D eigenvalue weighted by Gasteiger charge is 2.17. The average Bonchev–Trinajstić information content (AvgIpc) is 2.17. The minimum atomic E-state index is -0.498. The van der Waals surface area contributed by atoms with Crippen LogP contribution in [0.25, 0.3) is 0 Å². The van der Waals surface area contributed by atoms with Crippen LogP contribution in [-0.4, -0.2) is 19.1 Å². The van der Waals surface area contributed by atoms with Crippen LogP contribution in [0.1, 0.15) is 10.4 Å². The molecule has 84 valence electrons. The molecule has 0 fully saturated rings. The number of nitrogens with two attached hydrogens (primary N) is 1. The first-order valence-corrected chi connectivity index (χ1v) is 3.97. The highest BCUT2D eigenvalue weighted by Crippen LogP contribution is 2.32. The summed E-state index contributed by atoms with van der Waals surface area (Å²) in [4.78, 5) is 11.0. The third kappa shape index (κ3) is 2.67. The van der Waals surface area contributed by atoms with Crippen LogP contribution in [0.2, 0.25) is 0 Å². The van der Waals surface area contributed by atoms with Crippen molar-refractivity contribution < 1.29 is 14.3 Å². The fourth-order valence-corrected chi connectivity index (χ4v) is 1.27. The molecule has 1 amide bonds. The van der Waals surface area contributed by atoms with E-state index in [9.17, 15) is 4.79 Å². The number of ether oxygens (including phenoxy) is 2. The molecular weight excluding hydrogens is 241 g/mol. The molecule has 1 aromatic rings. The Kier molecular flexibility index (Phi) is 5.25. The van der Waals surface area contributed by atoms with E-state index in [1.54, 1.807) is 18.2 Å². The van der Waals surface area contributed by atoms with Crippen molar-refractivity contribution in [1.29, 1.82) is 0 Å². The number of amides is 1. The number of benzene rings is 1. The molecule has 15 heavy (non-hydrogen) atoms. The van der Waals surface area contributed by atoms with Gasteiger partial charge in [-0.3, -0.25) is 4.79 Å². The smallest absolute Gasteiger partial charge is 0.252 e. The molecule has 0 spiro atoms. The third-order valence-electron chi connectivity index (χ3n) is 1.83. The molecular formula is C9H11Cl2NO3. The van der Waals surface area contributed by atoms with Gasteiger partial charge in [-0.05, 0) is 12.1 Å². The normalized spacial score (nSPS) is 12.0. The van der Waals surface area contributed by atoms with E-state index in [0.29, 0.717) is 30.3 Å². The van der Waals surface area contributed by atoms with Gasteiger partial charge in [0.05, 0.1) is 5.56 Å². The Morgan fingerprint density at radius 3 is 2.53 bits per heavy atom. The summed E-state index contributed by atoms with van der Waals surface area (Å²) in [6.07, 6.45) is 0. The predicted molar refractivity (Wildman–Crippen MR) is 60.4 cm³/mol. The Labute approximate surface area is 99.6 Å². The summed E-state index contributed by atoms with van der Waals surface area (Å²) >= 11 is 0. The van der Waals surface area contributed by atoms with E-state index in [4.69, 9.17) is 15.2 Å². The van der Waals surface area contributed by atoms with Gasteiger partial charge in [0.2, 0.25) is 0 Å². The Balaban J connectivity index is 0.000000980. The molecule has 0 aliphatic carbocycles. The van der Waals surface area contributed by atoms with Gasteiger partial charge in [0.1, 0.15) is 13.2 Å². The summed E-state index contributed by atoms with van der Waals surface area (Å²) in [7, 11) is 0. The first-order valence-electron chi connectivity index (χ1n) is 3.97. The van der Waals surface area contributed by atoms with Crippen LogP contribution in [0.15, 0.2) is 18.2 Å². The van der Waals surface area contributed by atoms with E-state index in [-0.39, 0.29) is 24.8 Å². The fraction of sp³-hybridized carbons (Fsp3) is 0.222. The van der Waals surface area contributed by atoms with E-state index in [0.717, 1.165) is 0 Å². The summed E-state index contributed by atoms with van der Waals surface area (Å²) in [5, 5.41) is 0. The van der Waals surface area contributed by atoms with Crippen LogP contribution in [-0.2, 0) is 0 Å². The summed E-state index contributed by atoms with van der Waals surface area (Å²) in [6, 6.07) is 5.09. The van der Waals surface area contributed by atoms with Gasteiger partial charge in [0, 0.05) is 0 Å². The zero-order valence-corrected chi connectivity index (χ0v) is 9.40. The summed E-state index contributed by atoms with van der Waals surface area (Å²) in [5.41, 5.74) is 5.54. The average molecular weight is 252 g/mol. The minimum absolute atomic E-state index is 0. The van der Waals surface area contributed by atoms with Gasteiger partial charge in [-0.25, -0.2) is 0 Å². The van der Waals surface area contributed by atoms with Gasteiger partial charge in [-0.1, -0.05) is 6.07 Å². The lowest BCUT2D eigenvalue weighted by Gasteiger charge is -2.19. The van der Waals surface area contributed by atoms with Crippen molar-refractivity contribution in [3.63, 3.8) is 0 Å². The Morgan fingerprint density at radius 1 is 1.20 bits per heavy atom. The second-order valence-electron chi connectivity index (χ2n) is 2.69. The maximum Gasteiger partial charge on any atom is 0.252 e. The van der Waals surface area contributed by atoms with Crippen molar-refractivity contribution in [2.45, 2.75) is 0 Å². The van der Waals surface area contributed by atoms with Crippen LogP contribution in [0.4, 0.5) is 0 Å². The number of carbonyl (C=O) groups excluding carboxylic acids is 1. The molecule has 0 bridgehead atoms. The zero-order valence-electron chi connectivity index (χ0n) is 7.76. The standard InChI is InChI=1S/C9H9NO3.2ClH/c10-9(11)6-2-1-3-7-8(6)13-5-4-12-7;;/h1-3H,4-5H2,(H2,10,11);2*1H. The van der Waals surface area contributed by atoms with Gasteiger partial charge in [-0.2, -0.15) is 0 Å². The minimum Gasteiger partial charge on any atom is -0.486 e. The number of halogens is 2. The van der Waals surface area contributed by atoms with Gasteiger partial charge < -0.3 is 15.2 Å². The van der Waals surface area contributed by atoms with Gasteiger partial charge >= 0.3 is 0 Å². The lowest BCUT2D eigenvalue weighted by atomic mass is 10.1. The number of hydrogen-bond donors (Lipinski definition) is 1. The quantitative estimate of drug-likeness (QED) is 0.821. The largest absolute Gasteiger partial charge is 0.486 e.